The molecule has 0 saturated carbocycles. The molecule has 2 aromatic rings. The predicted octanol–water partition coefficient (Wildman–Crippen LogP) is 4.76. The van der Waals surface area contributed by atoms with Gasteiger partial charge in [0.25, 0.3) is 0 Å². The second-order valence-electron chi connectivity index (χ2n) is 7.03. The Hall–Kier alpha value is -3.37. The SMILES string of the molecule is C=C(O)[C@H](C)Nc1nc(Nc2cccc(NC(=O)C(C)(C)C(F)(F)F)c2)ncc1F. The summed E-state index contributed by atoms with van der Waals surface area (Å²) in [5.74, 6) is -2.40. The molecular weight excluding hydrogens is 406 g/mol. The fraction of sp³-hybridized carbons (Fsp3) is 0.316. The Kier molecular flexibility index (Phi) is 6.53. The number of carbonyl (C=O) groups is 1. The van der Waals surface area contributed by atoms with Crippen molar-refractivity contribution in [3.63, 3.8) is 0 Å². The molecule has 1 aromatic carbocycles. The van der Waals surface area contributed by atoms with E-state index in [1.54, 1.807) is 13.0 Å². The maximum atomic E-state index is 13.9. The Morgan fingerprint density at radius 3 is 2.47 bits per heavy atom. The molecule has 0 spiro atoms. The first kappa shape index (κ1) is 22.9. The van der Waals surface area contributed by atoms with Crippen molar-refractivity contribution in [2.45, 2.75) is 33.0 Å². The van der Waals surface area contributed by atoms with Crippen LogP contribution in [0.15, 0.2) is 42.8 Å². The van der Waals surface area contributed by atoms with E-state index in [1.807, 2.05) is 0 Å². The van der Waals surface area contributed by atoms with Gasteiger partial charge in [0.2, 0.25) is 11.9 Å². The lowest BCUT2D eigenvalue weighted by atomic mass is 9.91. The van der Waals surface area contributed by atoms with Crippen molar-refractivity contribution in [3.05, 3.63) is 48.6 Å². The number of halogens is 4. The van der Waals surface area contributed by atoms with Gasteiger partial charge in [0.15, 0.2) is 11.6 Å². The Bertz CT molecular complexity index is 947. The highest BCUT2D eigenvalue weighted by Gasteiger charge is 2.52. The molecule has 11 heteroatoms. The third-order valence-electron chi connectivity index (χ3n) is 4.25. The molecule has 0 radical (unpaired) electrons. The smallest absolute Gasteiger partial charge is 0.402 e. The summed E-state index contributed by atoms with van der Waals surface area (Å²) in [7, 11) is 0. The van der Waals surface area contributed by atoms with Crippen LogP contribution < -0.4 is 16.0 Å². The van der Waals surface area contributed by atoms with Crippen molar-refractivity contribution in [1.82, 2.24) is 9.97 Å². The first-order chi connectivity index (χ1) is 13.8. The van der Waals surface area contributed by atoms with E-state index in [2.05, 4.69) is 32.5 Å². The van der Waals surface area contributed by atoms with Gasteiger partial charge in [-0.25, -0.2) is 9.37 Å². The van der Waals surface area contributed by atoms with Gasteiger partial charge in [0.05, 0.1) is 12.2 Å². The number of amides is 1. The van der Waals surface area contributed by atoms with E-state index in [9.17, 15) is 27.5 Å². The lowest BCUT2D eigenvalue weighted by molar-refractivity contribution is -0.208. The van der Waals surface area contributed by atoms with Crippen LogP contribution in [0.5, 0.6) is 0 Å². The van der Waals surface area contributed by atoms with Gasteiger partial charge in [-0.3, -0.25) is 4.79 Å². The maximum absolute atomic E-state index is 13.9. The zero-order valence-electron chi connectivity index (χ0n) is 16.4. The largest absolute Gasteiger partial charge is 0.511 e. The Morgan fingerprint density at radius 1 is 1.23 bits per heavy atom. The van der Waals surface area contributed by atoms with E-state index in [4.69, 9.17) is 0 Å². The van der Waals surface area contributed by atoms with Crippen molar-refractivity contribution < 1.29 is 27.5 Å². The Labute approximate surface area is 170 Å². The Morgan fingerprint density at radius 2 is 1.87 bits per heavy atom. The van der Waals surface area contributed by atoms with E-state index in [1.165, 1.54) is 18.2 Å². The minimum Gasteiger partial charge on any atom is -0.511 e. The summed E-state index contributed by atoms with van der Waals surface area (Å²) in [5, 5.41) is 17.0. The van der Waals surface area contributed by atoms with Crippen molar-refractivity contribution in [1.29, 1.82) is 0 Å². The van der Waals surface area contributed by atoms with E-state index < -0.39 is 29.4 Å². The highest BCUT2D eigenvalue weighted by molar-refractivity contribution is 5.95. The van der Waals surface area contributed by atoms with Crippen LogP contribution in [0.2, 0.25) is 0 Å². The topological polar surface area (TPSA) is 99.2 Å². The number of benzene rings is 1. The van der Waals surface area contributed by atoms with Crippen LogP contribution in [0, 0.1) is 11.2 Å². The first-order valence-electron chi connectivity index (χ1n) is 8.73. The van der Waals surface area contributed by atoms with Crippen LogP contribution >= 0.6 is 0 Å². The molecule has 162 valence electrons. The average Bonchev–Trinajstić information content (AvgIpc) is 2.63. The normalized spacial score (nSPS) is 12.8. The second-order valence-corrected chi connectivity index (χ2v) is 7.03. The fourth-order valence-corrected chi connectivity index (χ4v) is 2.04. The molecule has 1 aromatic heterocycles. The summed E-state index contributed by atoms with van der Waals surface area (Å²) < 4.78 is 52.9. The van der Waals surface area contributed by atoms with Crippen molar-refractivity contribution in [3.8, 4) is 0 Å². The van der Waals surface area contributed by atoms with Gasteiger partial charge in [-0.1, -0.05) is 12.6 Å². The van der Waals surface area contributed by atoms with E-state index >= 15 is 0 Å². The van der Waals surface area contributed by atoms with E-state index in [0.29, 0.717) is 5.69 Å². The second kappa shape index (κ2) is 8.56. The molecule has 1 amide bonds. The summed E-state index contributed by atoms with van der Waals surface area (Å²) in [5.41, 5.74) is -2.12. The Balaban J connectivity index is 2.18. The quantitative estimate of drug-likeness (QED) is 0.376. The number of nitrogens with one attached hydrogen (secondary N) is 3. The number of nitrogens with zero attached hydrogens (tertiary/aromatic N) is 2. The van der Waals surface area contributed by atoms with Gasteiger partial charge in [-0.05, 0) is 39.0 Å². The number of carbonyl (C=O) groups excluding carboxylic acids is 1. The van der Waals surface area contributed by atoms with Gasteiger partial charge in [0, 0.05) is 11.4 Å². The third-order valence-corrected chi connectivity index (χ3v) is 4.25. The third kappa shape index (κ3) is 5.37. The van der Waals surface area contributed by atoms with Crippen LogP contribution in [0.1, 0.15) is 20.8 Å². The molecule has 0 unspecified atom stereocenters. The summed E-state index contributed by atoms with van der Waals surface area (Å²) in [6.07, 6.45) is -3.81. The molecule has 0 bridgehead atoms. The molecule has 0 aliphatic carbocycles. The number of aliphatic hydroxyl groups is 1. The van der Waals surface area contributed by atoms with Gasteiger partial charge in [0.1, 0.15) is 11.2 Å². The molecule has 1 atom stereocenters. The van der Waals surface area contributed by atoms with Crippen molar-refractivity contribution >= 4 is 29.0 Å². The summed E-state index contributed by atoms with van der Waals surface area (Å²) in [6.45, 7) is 6.46. The van der Waals surface area contributed by atoms with Crippen LogP contribution in [-0.2, 0) is 4.79 Å². The van der Waals surface area contributed by atoms with Gasteiger partial charge >= 0.3 is 6.18 Å². The molecule has 1 heterocycles. The van der Waals surface area contributed by atoms with Crippen LogP contribution in [0.25, 0.3) is 0 Å². The highest BCUT2D eigenvalue weighted by atomic mass is 19.4. The average molecular weight is 427 g/mol. The molecule has 4 N–H and O–H groups in total. The van der Waals surface area contributed by atoms with Crippen molar-refractivity contribution in [2.24, 2.45) is 5.41 Å². The van der Waals surface area contributed by atoms with Crippen LogP contribution in [0.4, 0.5) is 40.7 Å². The molecule has 0 fully saturated rings. The number of alkyl halides is 3. The molecule has 2 rings (SSSR count). The minimum atomic E-state index is -4.71. The molecule has 0 saturated heterocycles. The predicted molar refractivity (Wildman–Crippen MR) is 105 cm³/mol. The zero-order chi connectivity index (χ0) is 22.7. The highest BCUT2D eigenvalue weighted by Crippen LogP contribution is 2.38. The monoisotopic (exact) mass is 427 g/mol. The fourth-order valence-electron chi connectivity index (χ4n) is 2.04. The lowest BCUT2D eigenvalue weighted by Gasteiger charge is -2.26. The zero-order valence-corrected chi connectivity index (χ0v) is 16.4. The summed E-state index contributed by atoms with van der Waals surface area (Å²) >= 11 is 0. The van der Waals surface area contributed by atoms with Gasteiger partial charge < -0.3 is 21.1 Å². The van der Waals surface area contributed by atoms with E-state index in [-0.39, 0.29) is 23.2 Å². The first-order valence-corrected chi connectivity index (χ1v) is 8.73. The summed E-state index contributed by atoms with van der Waals surface area (Å²) in [6, 6.07) is 5.19. The number of rotatable bonds is 7. The van der Waals surface area contributed by atoms with Gasteiger partial charge in [-0.15, -0.1) is 0 Å². The molecule has 0 aliphatic heterocycles. The number of aliphatic hydroxyl groups excluding tert-OH is 1. The van der Waals surface area contributed by atoms with Gasteiger partial charge in [-0.2, -0.15) is 18.2 Å². The number of hydrogen-bond donors (Lipinski definition) is 4. The molecule has 7 nitrogen and oxygen atoms in total. The number of hydrogen-bond acceptors (Lipinski definition) is 6. The lowest BCUT2D eigenvalue weighted by Crippen LogP contribution is -2.43. The molecule has 0 aliphatic rings. The van der Waals surface area contributed by atoms with E-state index in [0.717, 1.165) is 20.0 Å². The molecular formula is C19H21F4N5O2. The number of anilines is 4. The minimum absolute atomic E-state index is 0.0197. The summed E-state index contributed by atoms with van der Waals surface area (Å²) in [4.78, 5) is 19.8. The van der Waals surface area contributed by atoms with Crippen LogP contribution in [0.3, 0.4) is 0 Å². The standard InChI is InChI=1S/C19H21F4N5O2/c1-10(11(2)29)25-15-14(20)9-24-17(28-15)27-13-7-5-6-12(8-13)26-16(30)18(3,4)19(21,22)23/h5-10,29H,2H2,1,3-4H3,(H,26,30)(H2,24,25,27,28)/t10-/m0/s1. The maximum Gasteiger partial charge on any atom is 0.402 e. The van der Waals surface area contributed by atoms with Crippen molar-refractivity contribution in [2.75, 3.05) is 16.0 Å². The molecule has 30 heavy (non-hydrogen) atoms. The number of aromatic nitrogens is 2. The van der Waals surface area contributed by atoms with Crippen LogP contribution in [-0.4, -0.2) is 33.2 Å².